The van der Waals surface area contributed by atoms with Crippen molar-refractivity contribution in [3.05, 3.63) is 64.4 Å². The highest BCUT2D eigenvalue weighted by Crippen LogP contribution is 2.36. The summed E-state index contributed by atoms with van der Waals surface area (Å²) in [7, 11) is 1.59. The molecule has 3 N–H and O–H groups in total. The van der Waals surface area contributed by atoms with Crippen molar-refractivity contribution >= 4 is 23.4 Å². The molecule has 0 bridgehead atoms. The molecule has 0 unspecified atom stereocenters. The van der Waals surface area contributed by atoms with Crippen molar-refractivity contribution < 1.29 is 14.7 Å². The van der Waals surface area contributed by atoms with Crippen molar-refractivity contribution in [2.24, 2.45) is 12.5 Å². The number of carbonyl (C=O) groups excluding carboxylic acids is 2. The molecule has 10 heteroatoms. The van der Waals surface area contributed by atoms with Gasteiger partial charge in [-0.2, -0.15) is 0 Å². The molecule has 1 fully saturated rings. The number of carbonyl (C=O) groups is 2. The minimum absolute atomic E-state index is 0.101. The van der Waals surface area contributed by atoms with E-state index in [1.165, 1.54) is 4.57 Å². The van der Waals surface area contributed by atoms with E-state index in [0.717, 1.165) is 25.0 Å². The van der Waals surface area contributed by atoms with E-state index in [0.29, 0.717) is 47.8 Å². The fourth-order valence-corrected chi connectivity index (χ4v) is 5.10. The molecule has 2 aliphatic heterocycles. The van der Waals surface area contributed by atoms with E-state index in [2.05, 4.69) is 40.9 Å². The maximum Gasteiger partial charge on any atom is 0.319 e. The van der Waals surface area contributed by atoms with Crippen LogP contribution in [-0.2, 0) is 18.4 Å². The molecule has 1 saturated heterocycles. The van der Waals surface area contributed by atoms with Crippen LogP contribution < -0.4 is 21.1 Å². The molecule has 0 spiro atoms. The first-order valence-corrected chi connectivity index (χ1v) is 12.9. The molecule has 4 rings (SSSR count). The molecule has 4 heterocycles. The zero-order valence-corrected chi connectivity index (χ0v) is 22.5. The highest BCUT2D eigenvalue weighted by molar-refractivity contribution is 6.06. The first-order chi connectivity index (χ1) is 18.0. The van der Waals surface area contributed by atoms with Crippen LogP contribution in [0.1, 0.15) is 39.2 Å². The van der Waals surface area contributed by atoms with Gasteiger partial charge in [-0.1, -0.05) is 26.0 Å². The number of urea groups is 1. The lowest BCUT2D eigenvalue weighted by Crippen LogP contribution is -2.50. The Morgan fingerprint density at radius 3 is 2.71 bits per heavy atom. The molecular weight excluding hydrogens is 484 g/mol. The van der Waals surface area contributed by atoms with Gasteiger partial charge in [0.2, 0.25) is 0 Å². The van der Waals surface area contributed by atoms with Crippen molar-refractivity contribution in [1.82, 2.24) is 19.8 Å². The van der Waals surface area contributed by atoms with Crippen molar-refractivity contribution in [3.63, 3.8) is 0 Å². The molecule has 0 radical (unpaired) electrons. The van der Waals surface area contributed by atoms with Gasteiger partial charge < -0.3 is 25.2 Å². The summed E-state index contributed by atoms with van der Waals surface area (Å²) < 4.78 is 1.37. The lowest BCUT2D eigenvalue weighted by atomic mass is 9.81. The van der Waals surface area contributed by atoms with Crippen LogP contribution in [0.2, 0.25) is 0 Å². The SMILES string of the molecule is C=C1/C=C2/C(=O)N(c3nccc(-c4cc(NC(=O)NCC)c(=O)n(C)c4)c3CO)CCN2CCC(C)(C)C1. The van der Waals surface area contributed by atoms with Crippen molar-refractivity contribution in [3.8, 4) is 11.1 Å². The van der Waals surface area contributed by atoms with Gasteiger partial charge in [-0.25, -0.2) is 9.78 Å². The summed E-state index contributed by atoms with van der Waals surface area (Å²) in [5.74, 6) is 0.186. The predicted octanol–water partition coefficient (Wildman–Crippen LogP) is 2.99. The average molecular weight is 521 g/mol. The smallest absolute Gasteiger partial charge is 0.319 e. The fraction of sp³-hybridized carbons (Fsp3) is 0.429. The quantitative estimate of drug-likeness (QED) is 0.558. The minimum Gasteiger partial charge on any atom is -0.392 e. The second-order valence-corrected chi connectivity index (χ2v) is 10.6. The molecule has 38 heavy (non-hydrogen) atoms. The number of fused-ring (bicyclic) bond motifs is 1. The predicted molar refractivity (Wildman–Crippen MR) is 148 cm³/mol. The summed E-state index contributed by atoms with van der Waals surface area (Å²) >= 11 is 0. The normalized spacial score (nSPS) is 18.7. The molecular formula is C28H36N6O4. The van der Waals surface area contributed by atoms with E-state index >= 15 is 0 Å². The summed E-state index contributed by atoms with van der Waals surface area (Å²) in [4.78, 5) is 46.7. The summed E-state index contributed by atoms with van der Waals surface area (Å²) in [6.07, 6.45) is 6.86. The largest absolute Gasteiger partial charge is 0.392 e. The van der Waals surface area contributed by atoms with E-state index in [4.69, 9.17) is 0 Å². The Balaban J connectivity index is 1.73. The van der Waals surface area contributed by atoms with Crippen LogP contribution in [0.3, 0.4) is 0 Å². The number of rotatable bonds is 5. The van der Waals surface area contributed by atoms with Crippen molar-refractivity contribution in [2.45, 2.75) is 40.2 Å². The molecule has 202 valence electrons. The number of aromatic nitrogens is 2. The fourth-order valence-electron chi connectivity index (χ4n) is 5.10. The molecule has 10 nitrogen and oxygen atoms in total. The molecule has 2 aromatic rings. The number of hydrogen-bond acceptors (Lipinski definition) is 6. The Morgan fingerprint density at radius 2 is 2.00 bits per heavy atom. The monoisotopic (exact) mass is 520 g/mol. The van der Waals surface area contributed by atoms with Gasteiger partial charge in [0.25, 0.3) is 11.5 Å². The topological polar surface area (TPSA) is 120 Å². The highest BCUT2D eigenvalue weighted by atomic mass is 16.3. The van der Waals surface area contributed by atoms with Gasteiger partial charge in [0.1, 0.15) is 17.2 Å². The lowest BCUT2D eigenvalue weighted by Gasteiger charge is -2.41. The first-order valence-electron chi connectivity index (χ1n) is 12.9. The van der Waals surface area contributed by atoms with Gasteiger partial charge in [0.15, 0.2) is 0 Å². The second kappa shape index (κ2) is 10.8. The van der Waals surface area contributed by atoms with Gasteiger partial charge in [0.05, 0.1) is 6.61 Å². The van der Waals surface area contributed by atoms with E-state index in [1.54, 1.807) is 43.4 Å². The third-order valence-corrected chi connectivity index (χ3v) is 7.03. The van der Waals surface area contributed by atoms with Crippen molar-refractivity contribution in [2.75, 3.05) is 36.4 Å². The first kappa shape index (κ1) is 27.1. The molecule has 0 aliphatic carbocycles. The van der Waals surface area contributed by atoms with E-state index in [9.17, 15) is 19.5 Å². The van der Waals surface area contributed by atoms with Crippen LogP contribution in [0.25, 0.3) is 11.1 Å². The van der Waals surface area contributed by atoms with Gasteiger partial charge >= 0.3 is 6.03 Å². The number of allylic oxidation sites excluding steroid dienone is 2. The summed E-state index contributed by atoms with van der Waals surface area (Å²) in [5, 5.41) is 15.6. The van der Waals surface area contributed by atoms with Gasteiger partial charge in [0, 0.05) is 56.7 Å². The molecule has 0 atom stereocenters. The number of aliphatic hydroxyl groups excluding tert-OH is 1. The number of pyridine rings is 2. The number of hydrogen-bond donors (Lipinski definition) is 3. The lowest BCUT2D eigenvalue weighted by molar-refractivity contribution is -0.118. The van der Waals surface area contributed by atoms with Crippen LogP contribution >= 0.6 is 0 Å². The molecule has 2 aliphatic rings. The number of piperazine rings is 1. The zero-order chi connectivity index (χ0) is 27.6. The number of nitrogens with one attached hydrogen (secondary N) is 2. The van der Waals surface area contributed by atoms with E-state index < -0.39 is 6.03 Å². The number of aliphatic hydroxyl groups is 1. The number of nitrogens with zero attached hydrogens (tertiary/aromatic N) is 4. The third-order valence-electron chi connectivity index (χ3n) is 7.03. The minimum atomic E-state index is -0.486. The van der Waals surface area contributed by atoms with E-state index in [1.807, 2.05) is 6.08 Å². The van der Waals surface area contributed by atoms with Crippen LogP contribution in [0.4, 0.5) is 16.3 Å². The summed E-state index contributed by atoms with van der Waals surface area (Å²) in [6, 6.07) is 2.81. The van der Waals surface area contributed by atoms with E-state index in [-0.39, 0.29) is 29.2 Å². The van der Waals surface area contributed by atoms with Crippen LogP contribution in [0, 0.1) is 5.41 Å². The van der Waals surface area contributed by atoms with Crippen molar-refractivity contribution in [1.29, 1.82) is 0 Å². The van der Waals surface area contributed by atoms with Gasteiger partial charge in [-0.05, 0) is 49.0 Å². The van der Waals surface area contributed by atoms with Crippen LogP contribution in [0.15, 0.2) is 53.2 Å². The molecule has 2 aromatic heterocycles. The summed E-state index contributed by atoms with van der Waals surface area (Å²) in [6.45, 7) is 12.3. The maximum absolute atomic E-state index is 13.7. The Labute approximate surface area is 222 Å². The Bertz CT molecular complexity index is 1360. The number of anilines is 2. The van der Waals surface area contributed by atoms with Gasteiger partial charge in [-0.3, -0.25) is 14.5 Å². The summed E-state index contributed by atoms with van der Waals surface area (Å²) in [5.41, 5.74) is 3.01. The Hall–Kier alpha value is -3.92. The Kier molecular flexibility index (Phi) is 7.73. The standard InChI is InChI=1S/C28H36N6O4/c1-6-29-27(38)31-22-14-19(16-32(5)25(22)36)20-7-9-30-24(21(20)17-35)34-12-11-33-10-8-28(3,4)15-18(2)13-23(33)26(34)37/h7,9,13-14,16,35H,2,6,8,10-12,15,17H2,1,3-5H3,(H2,29,31,38)/b23-13-. The van der Waals surface area contributed by atoms with Gasteiger partial charge in [-0.15, -0.1) is 0 Å². The number of amides is 3. The van der Waals surface area contributed by atoms with Crippen LogP contribution in [0.5, 0.6) is 0 Å². The van der Waals surface area contributed by atoms with Crippen LogP contribution in [-0.4, -0.2) is 57.7 Å². The average Bonchev–Trinajstić information content (AvgIpc) is 2.85. The molecule has 3 amide bonds. The maximum atomic E-state index is 13.7. The molecule has 0 saturated carbocycles. The Morgan fingerprint density at radius 1 is 1.24 bits per heavy atom. The second-order valence-electron chi connectivity index (χ2n) is 10.6. The highest BCUT2D eigenvalue weighted by Gasteiger charge is 2.35. The zero-order valence-electron chi connectivity index (χ0n) is 22.5. The molecule has 0 aromatic carbocycles. The number of aryl methyl sites for hydroxylation is 1. The third kappa shape index (κ3) is 5.50.